The second kappa shape index (κ2) is 4.10. The first-order valence-corrected chi connectivity index (χ1v) is 4.52. The third-order valence-electron chi connectivity index (χ3n) is 2.21. The molecule has 2 nitrogen and oxygen atoms in total. The fraction of sp³-hybridized carbons (Fsp3) is 0.400. The fourth-order valence-electron chi connectivity index (χ4n) is 1.31. The van der Waals surface area contributed by atoms with Crippen molar-refractivity contribution in [1.82, 2.24) is 0 Å². The minimum Gasteiger partial charge on any atom is -0.507 e. The smallest absolute Gasteiger partial charge is 0.419 e. The van der Waals surface area contributed by atoms with E-state index in [1.807, 2.05) is 0 Å². The van der Waals surface area contributed by atoms with Crippen molar-refractivity contribution in [2.75, 3.05) is 0 Å². The molecule has 0 amide bonds. The summed E-state index contributed by atoms with van der Waals surface area (Å²) in [5.41, 5.74) is 4.67. The van der Waals surface area contributed by atoms with E-state index < -0.39 is 23.5 Å². The summed E-state index contributed by atoms with van der Waals surface area (Å²) in [5, 5.41) is 9.43. The molecule has 0 saturated carbocycles. The minimum absolute atomic E-state index is 0.132. The van der Waals surface area contributed by atoms with Crippen LogP contribution in [0.25, 0.3) is 0 Å². The van der Waals surface area contributed by atoms with Gasteiger partial charge in [-0.05, 0) is 12.5 Å². The van der Waals surface area contributed by atoms with Crippen LogP contribution in [0.4, 0.5) is 13.2 Å². The van der Waals surface area contributed by atoms with Crippen LogP contribution in [0.2, 0.25) is 0 Å². The Morgan fingerprint density at radius 2 is 2.00 bits per heavy atom. The lowest BCUT2D eigenvalue weighted by Crippen LogP contribution is -2.12. The third-order valence-corrected chi connectivity index (χ3v) is 2.21. The van der Waals surface area contributed by atoms with Gasteiger partial charge < -0.3 is 10.8 Å². The van der Waals surface area contributed by atoms with Crippen LogP contribution in [0.15, 0.2) is 18.2 Å². The van der Waals surface area contributed by atoms with Crippen LogP contribution in [0.1, 0.15) is 30.5 Å². The largest absolute Gasteiger partial charge is 0.507 e. The number of halogens is 3. The van der Waals surface area contributed by atoms with Gasteiger partial charge in [0.1, 0.15) is 5.75 Å². The molecule has 1 rings (SSSR count). The molecule has 0 spiro atoms. The zero-order chi connectivity index (χ0) is 11.6. The predicted octanol–water partition coefficient (Wildman–Crippen LogP) is 2.82. The van der Waals surface area contributed by atoms with Crippen LogP contribution in [0.3, 0.4) is 0 Å². The average Bonchev–Trinajstić information content (AvgIpc) is 2.15. The number of para-hydroxylation sites is 1. The van der Waals surface area contributed by atoms with Gasteiger partial charge >= 0.3 is 6.18 Å². The summed E-state index contributed by atoms with van der Waals surface area (Å²) in [4.78, 5) is 0. The molecule has 0 saturated heterocycles. The van der Waals surface area contributed by atoms with E-state index in [4.69, 9.17) is 5.73 Å². The Kier molecular flexibility index (Phi) is 3.24. The highest BCUT2D eigenvalue weighted by molar-refractivity contribution is 5.43. The molecule has 0 bridgehead atoms. The van der Waals surface area contributed by atoms with Gasteiger partial charge in [0.2, 0.25) is 0 Å². The second-order valence-electron chi connectivity index (χ2n) is 3.26. The zero-order valence-corrected chi connectivity index (χ0v) is 8.17. The standard InChI is InChI=1S/C10H12F3NO/c1-2-8(14)6-4-3-5-7(9(6)15)10(11,12)13/h3-5,8,15H,2,14H2,1H3. The molecule has 1 atom stereocenters. The highest BCUT2D eigenvalue weighted by Crippen LogP contribution is 2.39. The molecule has 84 valence electrons. The van der Waals surface area contributed by atoms with Crippen molar-refractivity contribution >= 4 is 0 Å². The summed E-state index contributed by atoms with van der Waals surface area (Å²) in [6.07, 6.45) is -4.08. The van der Waals surface area contributed by atoms with Crippen molar-refractivity contribution in [2.45, 2.75) is 25.6 Å². The van der Waals surface area contributed by atoms with E-state index in [1.165, 1.54) is 12.1 Å². The number of alkyl halides is 3. The van der Waals surface area contributed by atoms with Gasteiger partial charge in [-0.2, -0.15) is 13.2 Å². The monoisotopic (exact) mass is 219 g/mol. The molecule has 0 aliphatic carbocycles. The van der Waals surface area contributed by atoms with Crippen molar-refractivity contribution in [2.24, 2.45) is 5.73 Å². The number of phenols is 1. The van der Waals surface area contributed by atoms with E-state index in [9.17, 15) is 18.3 Å². The number of hydrogen-bond donors (Lipinski definition) is 2. The van der Waals surface area contributed by atoms with E-state index in [2.05, 4.69) is 0 Å². The summed E-state index contributed by atoms with van der Waals surface area (Å²) < 4.78 is 37.2. The Morgan fingerprint density at radius 3 is 2.47 bits per heavy atom. The number of aromatic hydroxyl groups is 1. The molecule has 1 aromatic carbocycles. The van der Waals surface area contributed by atoms with Gasteiger partial charge in [-0.1, -0.05) is 19.1 Å². The topological polar surface area (TPSA) is 46.2 Å². The van der Waals surface area contributed by atoms with Crippen LogP contribution in [0.5, 0.6) is 5.75 Å². The fourth-order valence-corrected chi connectivity index (χ4v) is 1.31. The number of nitrogens with two attached hydrogens (primary N) is 1. The summed E-state index contributed by atoms with van der Waals surface area (Å²) >= 11 is 0. The lowest BCUT2D eigenvalue weighted by Gasteiger charge is -2.15. The summed E-state index contributed by atoms with van der Waals surface area (Å²) in [5.74, 6) is -0.764. The van der Waals surface area contributed by atoms with Gasteiger partial charge in [-0.25, -0.2) is 0 Å². The van der Waals surface area contributed by atoms with Gasteiger partial charge in [0, 0.05) is 11.6 Å². The Labute approximate surface area is 85.5 Å². The molecule has 0 heterocycles. The maximum Gasteiger partial charge on any atom is 0.419 e. The molecule has 0 aliphatic rings. The van der Waals surface area contributed by atoms with Gasteiger partial charge in [0.05, 0.1) is 5.56 Å². The van der Waals surface area contributed by atoms with Crippen LogP contribution in [-0.2, 0) is 6.18 Å². The molecule has 0 fully saturated rings. The highest BCUT2D eigenvalue weighted by Gasteiger charge is 2.34. The van der Waals surface area contributed by atoms with Crippen LogP contribution in [-0.4, -0.2) is 5.11 Å². The minimum atomic E-state index is -4.55. The number of hydrogen-bond acceptors (Lipinski definition) is 2. The predicted molar refractivity (Wildman–Crippen MR) is 50.3 cm³/mol. The Hall–Kier alpha value is -1.23. The average molecular weight is 219 g/mol. The molecule has 0 radical (unpaired) electrons. The number of benzene rings is 1. The molecule has 3 N–H and O–H groups in total. The normalized spacial score (nSPS) is 13.9. The van der Waals surface area contributed by atoms with Crippen molar-refractivity contribution in [1.29, 1.82) is 0 Å². The molecule has 15 heavy (non-hydrogen) atoms. The van der Waals surface area contributed by atoms with Gasteiger partial charge in [-0.15, -0.1) is 0 Å². The molecule has 1 unspecified atom stereocenters. The SMILES string of the molecule is CCC(N)c1cccc(C(F)(F)F)c1O. The van der Waals surface area contributed by atoms with Gasteiger partial charge in [0.25, 0.3) is 0 Å². The lowest BCUT2D eigenvalue weighted by molar-refractivity contribution is -0.138. The van der Waals surface area contributed by atoms with Gasteiger partial charge in [0.15, 0.2) is 0 Å². The molecule has 0 aliphatic heterocycles. The Morgan fingerprint density at radius 1 is 1.40 bits per heavy atom. The van der Waals surface area contributed by atoms with Gasteiger partial charge in [-0.3, -0.25) is 0 Å². The number of rotatable bonds is 2. The van der Waals surface area contributed by atoms with Crippen molar-refractivity contribution in [3.05, 3.63) is 29.3 Å². The molecule has 1 aromatic rings. The van der Waals surface area contributed by atoms with Crippen molar-refractivity contribution in [3.63, 3.8) is 0 Å². The summed E-state index contributed by atoms with van der Waals surface area (Å²) in [6.45, 7) is 1.74. The number of phenolic OH excluding ortho intramolecular Hbond substituents is 1. The Bertz CT molecular complexity index is 349. The van der Waals surface area contributed by atoms with E-state index in [0.717, 1.165) is 6.07 Å². The zero-order valence-electron chi connectivity index (χ0n) is 8.17. The first-order valence-electron chi connectivity index (χ1n) is 4.52. The molecular weight excluding hydrogens is 207 g/mol. The van der Waals surface area contributed by atoms with Crippen LogP contribution >= 0.6 is 0 Å². The maximum absolute atomic E-state index is 12.4. The first-order chi connectivity index (χ1) is 6.88. The summed E-state index contributed by atoms with van der Waals surface area (Å²) in [6, 6.07) is 2.90. The van der Waals surface area contributed by atoms with Crippen LogP contribution in [0, 0.1) is 0 Å². The quantitative estimate of drug-likeness (QED) is 0.803. The second-order valence-corrected chi connectivity index (χ2v) is 3.26. The summed E-state index contributed by atoms with van der Waals surface area (Å²) in [7, 11) is 0. The third kappa shape index (κ3) is 2.41. The molecular formula is C10H12F3NO. The lowest BCUT2D eigenvalue weighted by atomic mass is 10.0. The Balaban J connectivity index is 3.23. The molecule has 0 aromatic heterocycles. The highest BCUT2D eigenvalue weighted by atomic mass is 19.4. The van der Waals surface area contributed by atoms with Crippen molar-refractivity contribution < 1.29 is 18.3 Å². The van der Waals surface area contributed by atoms with E-state index >= 15 is 0 Å². The van der Waals surface area contributed by atoms with Crippen LogP contribution < -0.4 is 5.73 Å². The van der Waals surface area contributed by atoms with E-state index in [-0.39, 0.29) is 5.56 Å². The van der Waals surface area contributed by atoms with E-state index in [1.54, 1.807) is 6.92 Å². The van der Waals surface area contributed by atoms with Crippen molar-refractivity contribution in [3.8, 4) is 5.75 Å². The first kappa shape index (κ1) is 11.8. The maximum atomic E-state index is 12.4. The van der Waals surface area contributed by atoms with E-state index in [0.29, 0.717) is 6.42 Å². The molecule has 5 heteroatoms.